The first-order chi connectivity index (χ1) is 30.6. The van der Waals surface area contributed by atoms with E-state index in [1.165, 1.54) is 73.9 Å². The van der Waals surface area contributed by atoms with Gasteiger partial charge in [-0.25, -0.2) is 0 Å². The topological polar surface area (TPSA) is 14.2 Å². The highest BCUT2D eigenvalue weighted by Gasteiger charge is 2.29. The van der Waals surface area contributed by atoms with Gasteiger partial charge in [0.25, 0.3) is 10.0 Å². The first-order valence-corrected chi connectivity index (χ1v) is 23.8. The molecule has 2 aliphatic heterocycles. The van der Waals surface area contributed by atoms with Crippen molar-refractivity contribution < 1.29 is 9.13 Å². The molecule has 0 N–H and O–H groups in total. The van der Waals surface area contributed by atoms with Gasteiger partial charge in [-0.1, -0.05) is 149 Å². The standard InChI is InChI=1S/C54H40N4S4/c1-55-47-28-13-15-30-49(47)61-51(55)32-37-34-53(57(39-18-5-3-6-19-39)45-26-11-9-24-43(37)45)59-41-22-17-23-42(36-41)60-54-35-38(33-52-56(2)48-29-14-16-31-50(48)62-52)44-25-10-12-27-46(44)58(54)40-20-7-4-8-21-40/h3-36H,1-2H3/q+2. The molecule has 298 valence electrons. The molecule has 9 aromatic rings. The van der Waals surface area contributed by atoms with Crippen LogP contribution >= 0.6 is 46.2 Å². The predicted molar refractivity (Wildman–Crippen MR) is 266 cm³/mol. The van der Waals surface area contributed by atoms with Gasteiger partial charge in [-0.15, -0.1) is 0 Å². The van der Waals surface area contributed by atoms with E-state index in [4.69, 9.17) is 0 Å². The molecule has 0 fully saturated rings. The number of thioether (sulfide) groups is 2. The SMILES string of the molecule is C[n+]1c(/C=C2\C=C(Sc3cccc(SC4=C/C(=C\c5sc6ccccc6[n+]5C)c5ccccc5N4c4ccccc4)c3)N(c3ccccc3)c3ccccc32)sc2ccccc21. The molecule has 0 bridgehead atoms. The fourth-order valence-corrected chi connectivity index (χ4v) is 12.7. The van der Waals surface area contributed by atoms with E-state index in [1.807, 2.05) is 22.7 Å². The summed E-state index contributed by atoms with van der Waals surface area (Å²) in [5, 5.41) is 4.71. The van der Waals surface area contributed by atoms with Gasteiger partial charge in [-0.3, -0.25) is 0 Å². The van der Waals surface area contributed by atoms with Crippen molar-refractivity contribution in [1.82, 2.24) is 0 Å². The zero-order chi connectivity index (χ0) is 41.6. The lowest BCUT2D eigenvalue weighted by Gasteiger charge is -2.33. The minimum absolute atomic E-state index is 1.13. The average molecular weight is 873 g/mol. The number of anilines is 4. The van der Waals surface area contributed by atoms with Crippen molar-refractivity contribution in [2.75, 3.05) is 9.80 Å². The summed E-state index contributed by atoms with van der Waals surface area (Å²) in [4.78, 5) is 7.16. The summed E-state index contributed by atoms with van der Waals surface area (Å²) in [5.74, 6) is 0. The fraction of sp³-hybridized carbons (Fsp3) is 0.0370. The summed E-state index contributed by atoms with van der Waals surface area (Å²) in [6.45, 7) is 0. The Kier molecular flexibility index (Phi) is 10.2. The lowest BCUT2D eigenvalue weighted by molar-refractivity contribution is -0.642. The molecule has 2 aromatic heterocycles. The lowest BCUT2D eigenvalue weighted by Crippen LogP contribution is -2.29. The summed E-state index contributed by atoms with van der Waals surface area (Å²) in [6.07, 6.45) is 9.45. The summed E-state index contributed by atoms with van der Waals surface area (Å²) >= 11 is 7.27. The van der Waals surface area contributed by atoms with Crippen LogP contribution in [0.5, 0.6) is 0 Å². The summed E-state index contributed by atoms with van der Waals surface area (Å²) in [7, 11) is 4.34. The smallest absolute Gasteiger partial charge is 0.263 e. The summed E-state index contributed by atoms with van der Waals surface area (Å²) < 4.78 is 7.18. The van der Waals surface area contributed by atoms with E-state index in [9.17, 15) is 0 Å². The van der Waals surface area contributed by atoms with Crippen molar-refractivity contribution in [3.05, 3.63) is 225 Å². The molecule has 0 unspecified atom stereocenters. The van der Waals surface area contributed by atoms with Gasteiger partial charge >= 0.3 is 0 Å². The molecule has 11 rings (SSSR count). The minimum Gasteiger partial charge on any atom is -0.304 e. The number of hydrogen-bond donors (Lipinski definition) is 0. The van der Waals surface area contributed by atoms with Gasteiger partial charge in [0.2, 0.25) is 11.0 Å². The fourth-order valence-electron chi connectivity index (χ4n) is 8.29. The molecule has 62 heavy (non-hydrogen) atoms. The number of benzene rings is 7. The Balaban J connectivity index is 0.999. The third-order valence-electron chi connectivity index (χ3n) is 11.3. The predicted octanol–water partition coefficient (Wildman–Crippen LogP) is 14.4. The van der Waals surface area contributed by atoms with E-state index in [-0.39, 0.29) is 0 Å². The molecule has 0 atom stereocenters. The molecule has 2 aliphatic rings. The third kappa shape index (κ3) is 7.19. The van der Waals surface area contributed by atoms with Crippen LogP contribution < -0.4 is 18.9 Å². The molecule has 4 heterocycles. The molecule has 0 radical (unpaired) electrons. The maximum atomic E-state index is 2.41. The van der Waals surface area contributed by atoms with Gasteiger partial charge in [0.15, 0.2) is 0 Å². The van der Waals surface area contributed by atoms with Gasteiger partial charge in [0.1, 0.15) is 23.5 Å². The number of allylic oxidation sites excluding steroid dienone is 4. The lowest BCUT2D eigenvalue weighted by atomic mass is 9.99. The number of aromatic nitrogens is 2. The van der Waals surface area contributed by atoms with E-state index in [1.54, 1.807) is 23.5 Å². The maximum Gasteiger partial charge on any atom is 0.263 e. The molecule has 0 saturated carbocycles. The van der Waals surface area contributed by atoms with Crippen molar-refractivity contribution in [3.63, 3.8) is 0 Å². The Labute approximate surface area is 378 Å². The van der Waals surface area contributed by atoms with E-state index in [0.717, 1.165) is 21.4 Å². The number of nitrogens with zero attached hydrogens (tertiary/aromatic N) is 4. The van der Waals surface area contributed by atoms with Crippen LogP contribution in [-0.2, 0) is 14.1 Å². The van der Waals surface area contributed by atoms with Gasteiger partial charge < -0.3 is 9.80 Å². The van der Waals surface area contributed by atoms with E-state index in [2.05, 4.69) is 239 Å². The molecule has 8 heteroatoms. The van der Waals surface area contributed by atoms with Crippen LogP contribution in [0.15, 0.2) is 214 Å². The van der Waals surface area contributed by atoms with Crippen molar-refractivity contribution in [3.8, 4) is 0 Å². The molecule has 7 aromatic carbocycles. The first-order valence-electron chi connectivity index (χ1n) is 20.5. The van der Waals surface area contributed by atoms with Crippen molar-refractivity contribution in [2.24, 2.45) is 14.1 Å². The Morgan fingerprint density at radius 3 is 1.29 bits per heavy atom. The van der Waals surface area contributed by atoms with E-state index < -0.39 is 0 Å². The quantitative estimate of drug-likeness (QED) is 0.141. The van der Waals surface area contributed by atoms with Crippen LogP contribution in [0.25, 0.3) is 43.7 Å². The van der Waals surface area contributed by atoms with Gasteiger partial charge in [0, 0.05) is 56.6 Å². The largest absolute Gasteiger partial charge is 0.304 e. The Hall–Kier alpha value is -6.42. The van der Waals surface area contributed by atoms with Crippen LogP contribution in [0.1, 0.15) is 21.1 Å². The molecule has 4 nitrogen and oxygen atoms in total. The van der Waals surface area contributed by atoms with Crippen LogP contribution in [0.4, 0.5) is 22.7 Å². The van der Waals surface area contributed by atoms with Crippen molar-refractivity contribution >= 4 is 113 Å². The second-order valence-electron chi connectivity index (χ2n) is 15.2. The zero-order valence-corrected chi connectivity index (χ0v) is 37.3. The number of thiazole rings is 2. The number of rotatable bonds is 8. The minimum atomic E-state index is 1.13. The van der Waals surface area contributed by atoms with Crippen molar-refractivity contribution in [2.45, 2.75) is 9.79 Å². The number of para-hydroxylation sites is 6. The first kappa shape index (κ1) is 38.5. The summed E-state index contributed by atoms with van der Waals surface area (Å²) in [5.41, 5.74) is 11.9. The average Bonchev–Trinajstić information content (AvgIpc) is 3.81. The van der Waals surface area contributed by atoms with Crippen LogP contribution in [0.2, 0.25) is 0 Å². The number of hydrogen-bond acceptors (Lipinski definition) is 6. The second kappa shape index (κ2) is 16.5. The zero-order valence-electron chi connectivity index (χ0n) is 34.1. The van der Waals surface area contributed by atoms with Crippen LogP contribution in [-0.4, -0.2) is 0 Å². The highest BCUT2D eigenvalue weighted by molar-refractivity contribution is 8.04. The second-order valence-corrected chi connectivity index (χ2v) is 19.5. The Morgan fingerprint density at radius 2 is 0.839 bits per heavy atom. The molecule has 0 saturated heterocycles. The van der Waals surface area contributed by atoms with Crippen molar-refractivity contribution in [1.29, 1.82) is 0 Å². The highest BCUT2D eigenvalue weighted by atomic mass is 32.2. The van der Waals surface area contributed by atoms with Gasteiger partial charge in [0.05, 0.1) is 21.4 Å². The normalized spacial score (nSPS) is 14.9. The molecular formula is C54H40N4S4+2. The third-order valence-corrected chi connectivity index (χ3v) is 15.6. The summed E-state index contributed by atoms with van der Waals surface area (Å²) in [6, 6.07) is 65.4. The Morgan fingerprint density at radius 1 is 0.435 bits per heavy atom. The molecule has 0 amide bonds. The Bertz CT molecular complexity index is 3070. The molecule has 0 aliphatic carbocycles. The number of aryl methyl sites for hydroxylation is 2. The monoisotopic (exact) mass is 872 g/mol. The maximum absolute atomic E-state index is 2.41. The molecular weight excluding hydrogens is 833 g/mol. The molecule has 0 spiro atoms. The van der Waals surface area contributed by atoms with E-state index in [0.29, 0.717) is 0 Å². The highest BCUT2D eigenvalue weighted by Crippen LogP contribution is 2.49. The number of fused-ring (bicyclic) bond motifs is 4. The van der Waals surface area contributed by atoms with Crippen LogP contribution in [0, 0.1) is 0 Å². The van der Waals surface area contributed by atoms with Gasteiger partial charge in [-0.05, 0) is 90.0 Å². The van der Waals surface area contributed by atoms with Gasteiger partial charge in [-0.2, -0.15) is 9.13 Å². The van der Waals surface area contributed by atoms with E-state index >= 15 is 0 Å². The van der Waals surface area contributed by atoms with Crippen LogP contribution in [0.3, 0.4) is 0 Å².